The van der Waals surface area contributed by atoms with Crippen LogP contribution in [0.25, 0.3) is 0 Å². The third-order valence-electron chi connectivity index (χ3n) is 2.05. The molecule has 0 unspecified atom stereocenters. The number of carbonyl (C=O) groups excluding carboxylic acids is 1. The molecule has 74 valence electrons. The first-order chi connectivity index (χ1) is 5.85. The van der Waals surface area contributed by atoms with Gasteiger partial charge >= 0.3 is 0 Å². The maximum absolute atomic E-state index is 8.81. The highest BCUT2D eigenvalue weighted by atomic mass is 16.1. The average molecular weight is 172 g/mol. The first kappa shape index (κ1) is 14.2. The van der Waals surface area contributed by atoms with E-state index in [0.717, 1.165) is 12.2 Å². The monoisotopic (exact) mass is 172 g/mol. The highest BCUT2D eigenvalue weighted by molar-refractivity contribution is 5.44. The Bertz CT molecular complexity index is 73.1. The first-order valence-electron chi connectivity index (χ1n) is 5.24. The summed E-state index contributed by atoms with van der Waals surface area (Å²) in [5.41, 5.74) is 0. The lowest BCUT2D eigenvalue weighted by atomic mass is 10.1. The van der Waals surface area contributed by atoms with E-state index in [4.69, 9.17) is 4.79 Å². The molecular formula is C11H24O. The summed E-state index contributed by atoms with van der Waals surface area (Å²) in [6.07, 6.45) is 8.18. The molecule has 1 heteroatoms. The zero-order chi connectivity index (χ0) is 9.82. The second-order valence-corrected chi connectivity index (χ2v) is 2.79. The van der Waals surface area contributed by atoms with E-state index in [1.807, 2.05) is 13.8 Å². The lowest BCUT2D eigenvalue weighted by molar-refractivity contribution is -0.106. The van der Waals surface area contributed by atoms with Gasteiger partial charge in [0, 0.05) is 0 Å². The van der Waals surface area contributed by atoms with E-state index < -0.39 is 0 Å². The molecule has 0 aromatic heterocycles. The van der Waals surface area contributed by atoms with Crippen molar-refractivity contribution in [2.45, 2.75) is 59.8 Å². The van der Waals surface area contributed by atoms with Crippen LogP contribution in [0, 0.1) is 5.92 Å². The lowest BCUT2D eigenvalue weighted by Crippen LogP contribution is -1.86. The Labute approximate surface area is 77.6 Å². The van der Waals surface area contributed by atoms with Crippen LogP contribution < -0.4 is 0 Å². The number of carbonyl (C=O) groups is 1. The van der Waals surface area contributed by atoms with Crippen molar-refractivity contribution in [1.29, 1.82) is 0 Å². The maximum atomic E-state index is 8.81. The van der Waals surface area contributed by atoms with Crippen LogP contribution in [-0.4, -0.2) is 6.29 Å². The summed E-state index contributed by atoms with van der Waals surface area (Å²) in [5, 5.41) is 0. The average Bonchev–Trinajstić information content (AvgIpc) is 2.61. The molecule has 0 aromatic carbocycles. The van der Waals surface area contributed by atoms with E-state index in [0.29, 0.717) is 0 Å². The molecule has 0 atom stereocenters. The van der Waals surface area contributed by atoms with Crippen LogP contribution >= 0.6 is 0 Å². The van der Waals surface area contributed by atoms with E-state index >= 15 is 0 Å². The molecule has 0 aromatic rings. The van der Waals surface area contributed by atoms with Gasteiger partial charge in [0.05, 0.1) is 0 Å². The molecule has 1 saturated carbocycles. The van der Waals surface area contributed by atoms with Crippen LogP contribution in [0.15, 0.2) is 0 Å². The van der Waals surface area contributed by atoms with E-state index in [-0.39, 0.29) is 0 Å². The van der Waals surface area contributed by atoms with Crippen LogP contribution in [0.3, 0.4) is 0 Å². The minimum Gasteiger partial charge on any atom is -0.304 e. The lowest BCUT2D eigenvalue weighted by Gasteiger charge is -1.99. The van der Waals surface area contributed by atoms with Gasteiger partial charge in [-0.1, -0.05) is 52.9 Å². The molecule has 1 fully saturated rings. The molecule has 0 N–H and O–H groups in total. The summed E-state index contributed by atoms with van der Waals surface area (Å²) < 4.78 is 0. The number of rotatable bonds is 1. The van der Waals surface area contributed by atoms with Crippen molar-refractivity contribution >= 4 is 6.29 Å². The van der Waals surface area contributed by atoms with Gasteiger partial charge < -0.3 is 4.79 Å². The fourth-order valence-corrected chi connectivity index (χ4v) is 1.42. The predicted octanol–water partition coefficient (Wildman–Crippen LogP) is 3.82. The van der Waals surface area contributed by atoms with Gasteiger partial charge in [-0.3, -0.25) is 0 Å². The minimum absolute atomic E-state index is 0.750. The summed E-state index contributed by atoms with van der Waals surface area (Å²) >= 11 is 0. The topological polar surface area (TPSA) is 17.1 Å². The first-order valence-corrected chi connectivity index (χ1v) is 5.24. The Kier molecular flexibility index (Phi) is 15.7. The van der Waals surface area contributed by atoms with Gasteiger partial charge in [0.1, 0.15) is 6.29 Å². The van der Waals surface area contributed by atoms with Crippen molar-refractivity contribution in [3.8, 4) is 0 Å². The second kappa shape index (κ2) is 13.3. The predicted molar refractivity (Wildman–Crippen MR) is 55.3 cm³/mol. The number of aldehydes is 1. The van der Waals surface area contributed by atoms with Gasteiger partial charge in [-0.05, 0) is 12.8 Å². The third kappa shape index (κ3) is 9.67. The largest absolute Gasteiger partial charge is 0.304 e. The summed E-state index contributed by atoms with van der Waals surface area (Å²) in [7, 11) is 0. The quantitative estimate of drug-likeness (QED) is 0.549. The molecule has 1 aliphatic rings. The highest BCUT2D eigenvalue weighted by Gasteiger charge is 2.11. The maximum Gasteiger partial charge on any atom is 0.116 e. The fourth-order valence-electron chi connectivity index (χ4n) is 1.42. The Morgan fingerprint density at radius 3 is 1.75 bits per heavy atom. The van der Waals surface area contributed by atoms with E-state index in [1.165, 1.54) is 39.0 Å². The van der Waals surface area contributed by atoms with Crippen molar-refractivity contribution in [1.82, 2.24) is 0 Å². The molecule has 0 aliphatic heterocycles. The molecule has 1 nitrogen and oxygen atoms in total. The SMILES string of the molecule is CC.CC=O.CCC1CCCC1. The van der Waals surface area contributed by atoms with Crippen LogP contribution in [0.2, 0.25) is 0 Å². The van der Waals surface area contributed by atoms with Gasteiger partial charge in [0.2, 0.25) is 0 Å². The molecule has 0 spiro atoms. The van der Waals surface area contributed by atoms with Crippen LogP contribution in [0.4, 0.5) is 0 Å². The van der Waals surface area contributed by atoms with Gasteiger partial charge in [-0.15, -0.1) is 0 Å². The molecular weight excluding hydrogens is 148 g/mol. The smallest absolute Gasteiger partial charge is 0.116 e. The van der Waals surface area contributed by atoms with Crippen molar-refractivity contribution < 1.29 is 4.79 Å². The molecule has 1 rings (SSSR count). The Morgan fingerprint density at radius 2 is 1.58 bits per heavy atom. The molecule has 0 radical (unpaired) electrons. The van der Waals surface area contributed by atoms with Crippen molar-refractivity contribution in [2.24, 2.45) is 5.92 Å². The molecule has 0 bridgehead atoms. The minimum atomic E-state index is 0.750. The van der Waals surface area contributed by atoms with E-state index in [1.54, 1.807) is 0 Å². The molecule has 0 amide bonds. The highest BCUT2D eigenvalue weighted by Crippen LogP contribution is 2.26. The summed E-state index contributed by atoms with van der Waals surface area (Å²) in [4.78, 5) is 8.81. The van der Waals surface area contributed by atoms with Crippen molar-refractivity contribution in [3.63, 3.8) is 0 Å². The van der Waals surface area contributed by atoms with Gasteiger partial charge in [-0.2, -0.15) is 0 Å². The normalized spacial score (nSPS) is 15.3. The molecule has 0 heterocycles. The van der Waals surface area contributed by atoms with E-state index in [9.17, 15) is 0 Å². The molecule has 1 aliphatic carbocycles. The Morgan fingerprint density at radius 1 is 1.25 bits per heavy atom. The van der Waals surface area contributed by atoms with Gasteiger partial charge in [-0.25, -0.2) is 0 Å². The van der Waals surface area contributed by atoms with Crippen LogP contribution in [0.1, 0.15) is 59.8 Å². The standard InChI is InChI=1S/C7H14.C2H4O.C2H6/c1-2-7-5-3-4-6-7;1-2-3;1-2/h7H,2-6H2,1H3;2H,1H3;1-2H3. The van der Waals surface area contributed by atoms with Gasteiger partial charge in [0.25, 0.3) is 0 Å². The number of hydrogen-bond acceptors (Lipinski definition) is 1. The zero-order valence-corrected chi connectivity index (χ0v) is 9.10. The summed E-state index contributed by atoms with van der Waals surface area (Å²) in [6.45, 7) is 7.75. The Hall–Kier alpha value is -0.330. The summed E-state index contributed by atoms with van der Waals surface area (Å²) in [5.74, 6) is 1.10. The van der Waals surface area contributed by atoms with E-state index in [2.05, 4.69) is 6.92 Å². The fraction of sp³-hybridized carbons (Fsp3) is 0.909. The van der Waals surface area contributed by atoms with Crippen molar-refractivity contribution in [2.75, 3.05) is 0 Å². The Balaban J connectivity index is 0. The van der Waals surface area contributed by atoms with Gasteiger partial charge in [0.15, 0.2) is 0 Å². The zero-order valence-electron chi connectivity index (χ0n) is 9.10. The molecule has 0 saturated heterocycles. The van der Waals surface area contributed by atoms with Crippen molar-refractivity contribution in [3.05, 3.63) is 0 Å². The van der Waals surface area contributed by atoms with Crippen LogP contribution in [0.5, 0.6) is 0 Å². The summed E-state index contributed by atoms with van der Waals surface area (Å²) in [6, 6.07) is 0. The third-order valence-corrected chi connectivity index (χ3v) is 2.05. The molecule has 12 heavy (non-hydrogen) atoms. The number of hydrogen-bond donors (Lipinski definition) is 0. The second-order valence-electron chi connectivity index (χ2n) is 2.79. The van der Waals surface area contributed by atoms with Crippen LogP contribution in [-0.2, 0) is 4.79 Å².